The predicted octanol–water partition coefficient (Wildman–Crippen LogP) is 1.28. The molecule has 1 N–H and O–H groups in total. The molecule has 1 aromatic heterocycles. The van der Waals surface area contributed by atoms with Gasteiger partial charge in [0, 0.05) is 31.7 Å². The maximum absolute atomic E-state index is 12.6. The van der Waals surface area contributed by atoms with Gasteiger partial charge in [0.05, 0.1) is 0 Å². The van der Waals surface area contributed by atoms with E-state index >= 15 is 0 Å². The summed E-state index contributed by atoms with van der Waals surface area (Å²) in [6, 6.07) is 0.791. The molecule has 20 heavy (non-hydrogen) atoms. The number of piperazine rings is 1. The van der Waals surface area contributed by atoms with E-state index in [9.17, 15) is 4.79 Å². The molecular weight excluding hydrogens is 274 g/mol. The number of nitrogens with zero attached hydrogens (tertiary/aromatic N) is 4. The molecule has 1 amide bonds. The largest absolute Gasteiger partial charge is 0.360 e. The highest BCUT2D eigenvalue weighted by Crippen LogP contribution is 2.26. The van der Waals surface area contributed by atoms with E-state index in [0.717, 1.165) is 24.8 Å². The van der Waals surface area contributed by atoms with Gasteiger partial charge in [-0.1, -0.05) is 11.3 Å². The minimum atomic E-state index is 0.0331. The second-order valence-corrected chi connectivity index (χ2v) is 6.52. The van der Waals surface area contributed by atoms with Crippen LogP contribution in [-0.2, 0) is 0 Å². The Morgan fingerprint density at radius 1 is 1.45 bits per heavy atom. The number of carbonyl (C=O) groups is 1. The van der Waals surface area contributed by atoms with Crippen molar-refractivity contribution in [3.8, 4) is 0 Å². The molecule has 0 aliphatic carbocycles. The standard InChI is InChI=1S/C13H21N5OS/c1-3-14-13-16-15-11(20-13)12(19)18-8-10-5-4-6-17(10)7-9(18)2/h9-10H,3-8H2,1-2H3,(H,14,16). The van der Waals surface area contributed by atoms with Crippen LogP contribution in [0.3, 0.4) is 0 Å². The maximum Gasteiger partial charge on any atom is 0.285 e. The maximum atomic E-state index is 12.6. The van der Waals surface area contributed by atoms with Gasteiger partial charge in [0.15, 0.2) is 0 Å². The van der Waals surface area contributed by atoms with Crippen molar-refractivity contribution in [1.82, 2.24) is 20.0 Å². The first kappa shape index (κ1) is 13.8. The molecule has 2 aliphatic heterocycles. The first-order valence-electron chi connectivity index (χ1n) is 7.31. The third-order valence-electron chi connectivity index (χ3n) is 4.13. The first-order valence-corrected chi connectivity index (χ1v) is 8.13. The van der Waals surface area contributed by atoms with E-state index in [-0.39, 0.29) is 11.9 Å². The monoisotopic (exact) mass is 295 g/mol. The summed E-state index contributed by atoms with van der Waals surface area (Å²) < 4.78 is 0. The van der Waals surface area contributed by atoms with Gasteiger partial charge in [0.1, 0.15) is 0 Å². The van der Waals surface area contributed by atoms with Gasteiger partial charge in [0.2, 0.25) is 10.1 Å². The van der Waals surface area contributed by atoms with E-state index < -0.39 is 0 Å². The molecule has 0 radical (unpaired) electrons. The average Bonchev–Trinajstić information content (AvgIpc) is 3.06. The number of hydrogen-bond donors (Lipinski definition) is 1. The van der Waals surface area contributed by atoms with E-state index in [1.807, 2.05) is 11.8 Å². The van der Waals surface area contributed by atoms with Gasteiger partial charge < -0.3 is 10.2 Å². The van der Waals surface area contributed by atoms with Crippen molar-refractivity contribution >= 4 is 22.4 Å². The Hall–Kier alpha value is -1.21. The average molecular weight is 295 g/mol. The highest BCUT2D eigenvalue weighted by Gasteiger charge is 2.37. The summed E-state index contributed by atoms with van der Waals surface area (Å²) in [6.07, 6.45) is 2.46. The molecule has 3 rings (SSSR count). The molecule has 0 spiro atoms. The molecule has 6 nitrogen and oxygen atoms in total. The lowest BCUT2D eigenvalue weighted by atomic mass is 10.1. The molecular formula is C13H21N5OS. The second kappa shape index (κ2) is 5.65. The minimum Gasteiger partial charge on any atom is -0.360 e. The fraction of sp³-hybridized carbons (Fsp3) is 0.769. The Morgan fingerprint density at radius 3 is 3.10 bits per heavy atom. The van der Waals surface area contributed by atoms with Crippen LogP contribution in [0.1, 0.15) is 36.5 Å². The minimum absolute atomic E-state index is 0.0331. The summed E-state index contributed by atoms with van der Waals surface area (Å²) in [5.41, 5.74) is 0. The van der Waals surface area contributed by atoms with Crippen LogP contribution in [0.2, 0.25) is 0 Å². The van der Waals surface area contributed by atoms with E-state index in [0.29, 0.717) is 11.0 Å². The Kier molecular flexibility index (Phi) is 3.89. The van der Waals surface area contributed by atoms with Crippen molar-refractivity contribution in [1.29, 1.82) is 0 Å². The van der Waals surface area contributed by atoms with Gasteiger partial charge in [-0.3, -0.25) is 9.69 Å². The molecule has 7 heteroatoms. The van der Waals surface area contributed by atoms with Crippen molar-refractivity contribution < 1.29 is 4.79 Å². The number of anilines is 1. The molecule has 3 heterocycles. The van der Waals surface area contributed by atoms with Crippen LogP contribution >= 0.6 is 11.3 Å². The summed E-state index contributed by atoms with van der Waals surface area (Å²) in [7, 11) is 0. The molecule has 2 fully saturated rings. The van der Waals surface area contributed by atoms with Crippen molar-refractivity contribution in [2.24, 2.45) is 0 Å². The van der Waals surface area contributed by atoms with Crippen LogP contribution in [-0.4, -0.2) is 64.2 Å². The lowest BCUT2D eigenvalue weighted by molar-refractivity contribution is 0.0394. The molecule has 0 aromatic carbocycles. The molecule has 110 valence electrons. The van der Waals surface area contributed by atoms with E-state index in [4.69, 9.17) is 0 Å². The third kappa shape index (κ3) is 2.52. The number of amides is 1. The fourth-order valence-corrected chi connectivity index (χ4v) is 3.89. The Bertz CT molecular complexity index is 491. The van der Waals surface area contributed by atoms with Crippen molar-refractivity contribution in [2.45, 2.75) is 38.8 Å². The third-order valence-corrected chi connectivity index (χ3v) is 5.00. The molecule has 2 aliphatic rings. The number of hydrogen-bond acceptors (Lipinski definition) is 6. The topological polar surface area (TPSA) is 61.4 Å². The van der Waals surface area contributed by atoms with Gasteiger partial charge in [-0.2, -0.15) is 0 Å². The van der Waals surface area contributed by atoms with Crippen molar-refractivity contribution in [2.75, 3.05) is 31.5 Å². The summed E-state index contributed by atoms with van der Waals surface area (Å²) in [5.74, 6) is 0.0331. The molecule has 0 bridgehead atoms. The zero-order chi connectivity index (χ0) is 14.1. The molecule has 2 saturated heterocycles. The van der Waals surface area contributed by atoms with Crippen LogP contribution in [0.5, 0.6) is 0 Å². The highest BCUT2D eigenvalue weighted by molar-refractivity contribution is 7.17. The lowest BCUT2D eigenvalue weighted by Crippen LogP contribution is -2.56. The van der Waals surface area contributed by atoms with Crippen LogP contribution in [0.15, 0.2) is 0 Å². The lowest BCUT2D eigenvalue weighted by Gasteiger charge is -2.41. The van der Waals surface area contributed by atoms with Gasteiger partial charge in [-0.15, -0.1) is 10.2 Å². The van der Waals surface area contributed by atoms with Crippen LogP contribution in [0.25, 0.3) is 0 Å². The summed E-state index contributed by atoms with van der Waals surface area (Å²) in [5, 5.41) is 12.4. The molecule has 2 unspecified atom stereocenters. The number of fused-ring (bicyclic) bond motifs is 1. The molecule has 2 atom stereocenters. The van der Waals surface area contributed by atoms with Gasteiger partial charge in [-0.25, -0.2) is 0 Å². The fourth-order valence-electron chi connectivity index (χ4n) is 3.13. The quantitative estimate of drug-likeness (QED) is 0.910. The van der Waals surface area contributed by atoms with Crippen molar-refractivity contribution in [3.05, 3.63) is 5.01 Å². The first-order chi connectivity index (χ1) is 9.69. The predicted molar refractivity (Wildman–Crippen MR) is 79.2 cm³/mol. The van der Waals surface area contributed by atoms with Gasteiger partial charge in [-0.05, 0) is 33.2 Å². The van der Waals surface area contributed by atoms with Crippen LogP contribution < -0.4 is 5.32 Å². The zero-order valence-electron chi connectivity index (χ0n) is 12.0. The second-order valence-electron chi connectivity index (χ2n) is 5.54. The van der Waals surface area contributed by atoms with Crippen molar-refractivity contribution in [3.63, 3.8) is 0 Å². The van der Waals surface area contributed by atoms with E-state index in [1.165, 1.54) is 30.7 Å². The molecule has 0 saturated carbocycles. The summed E-state index contributed by atoms with van der Waals surface area (Å²) in [4.78, 5) is 17.1. The highest BCUT2D eigenvalue weighted by atomic mass is 32.1. The van der Waals surface area contributed by atoms with E-state index in [1.54, 1.807) is 0 Å². The van der Waals surface area contributed by atoms with Gasteiger partial charge >= 0.3 is 0 Å². The zero-order valence-corrected chi connectivity index (χ0v) is 12.8. The van der Waals surface area contributed by atoms with E-state index in [2.05, 4.69) is 27.3 Å². The number of nitrogens with one attached hydrogen (secondary N) is 1. The summed E-state index contributed by atoms with van der Waals surface area (Å²) >= 11 is 1.35. The Morgan fingerprint density at radius 2 is 2.30 bits per heavy atom. The number of carbonyl (C=O) groups excluding carboxylic acids is 1. The smallest absolute Gasteiger partial charge is 0.285 e. The van der Waals surface area contributed by atoms with Crippen LogP contribution in [0, 0.1) is 0 Å². The Labute approximate surface area is 123 Å². The normalized spacial score (nSPS) is 26.6. The van der Waals surface area contributed by atoms with Crippen LogP contribution in [0.4, 0.5) is 5.13 Å². The number of aromatic nitrogens is 2. The molecule has 1 aromatic rings. The Balaban J connectivity index is 1.72. The number of rotatable bonds is 3. The summed E-state index contributed by atoms with van der Waals surface area (Å²) in [6.45, 7) is 7.91. The van der Waals surface area contributed by atoms with Gasteiger partial charge in [0.25, 0.3) is 5.91 Å². The SMILES string of the molecule is CCNc1nnc(C(=O)N2CC3CCCN3CC2C)s1.